The van der Waals surface area contributed by atoms with Gasteiger partial charge in [0.15, 0.2) is 7.85 Å². The van der Waals surface area contributed by atoms with Crippen LogP contribution in [0.4, 0.5) is 13.6 Å². The van der Waals surface area contributed by atoms with Crippen molar-refractivity contribution in [3.05, 3.63) is 39.5 Å². The standard InChI is InChI=1S/C20H19BCl2F2N4O2/c1-2-19(9-20(24,25)10-19)26-18(31)28-5-6-29-14(8-28)15(17(21)30)16(27-29)11-3-4-12(22)13(23)7-11/h3-4,7H,2,5-6,8-10H2,1H3,(H,26,31). The van der Waals surface area contributed by atoms with E-state index >= 15 is 0 Å². The molecule has 1 saturated carbocycles. The molecular formula is C20H19BCl2F2N4O2. The Labute approximate surface area is 189 Å². The van der Waals surface area contributed by atoms with Gasteiger partial charge in [-0.1, -0.05) is 36.2 Å². The largest absolute Gasteiger partial charge is 0.332 e. The van der Waals surface area contributed by atoms with Crippen molar-refractivity contribution in [2.24, 2.45) is 0 Å². The molecule has 11 heteroatoms. The summed E-state index contributed by atoms with van der Waals surface area (Å²) in [5, 5.41) is 7.94. The number of benzene rings is 1. The lowest BCUT2D eigenvalue weighted by Gasteiger charge is -2.48. The van der Waals surface area contributed by atoms with E-state index in [-0.39, 0.29) is 24.9 Å². The summed E-state index contributed by atoms with van der Waals surface area (Å²) in [6, 6.07) is 4.43. The topological polar surface area (TPSA) is 67.2 Å². The van der Waals surface area contributed by atoms with Gasteiger partial charge in [0, 0.05) is 24.9 Å². The smallest absolute Gasteiger partial charge is 0.318 e. The van der Waals surface area contributed by atoms with Crippen LogP contribution < -0.4 is 5.32 Å². The molecule has 0 saturated heterocycles. The fourth-order valence-corrected chi connectivity index (χ4v) is 4.56. The van der Waals surface area contributed by atoms with Crippen LogP contribution in [0.25, 0.3) is 11.3 Å². The summed E-state index contributed by atoms with van der Waals surface area (Å²) >= 11 is 12.1. The summed E-state index contributed by atoms with van der Waals surface area (Å²) in [5.41, 5.74) is 0.00873. The Bertz CT molecular complexity index is 1070. The molecule has 4 rings (SSSR count). The molecular weight excluding hydrogens is 448 g/mol. The van der Waals surface area contributed by atoms with Gasteiger partial charge < -0.3 is 15.0 Å². The third-order valence-electron chi connectivity index (χ3n) is 5.95. The van der Waals surface area contributed by atoms with Crippen LogP contribution in [0.1, 0.15) is 42.2 Å². The van der Waals surface area contributed by atoms with Crippen molar-refractivity contribution < 1.29 is 18.4 Å². The predicted octanol–water partition coefficient (Wildman–Crippen LogP) is 4.27. The summed E-state index contributed by atoms with van der Waals surface area (Å²) in [5.74, 6) is -2.75. The number of rotatable bonds is 4. The molecule has 1 aliphatic heterocycles. The number of carbonyl (C=O) groups is 2. The summed E-state index contributed by atoms with van der Waals surface area (Å²) in [6.07, 6.45) is -0.335. The van der Waals surface area contributed by atoms with Crippen molar-refractivity contribution >= 4 is 42.8 Å². The Morgan fingerprint density at radius 1 is 1.23 bits per heavy atom. The number of hydrogen-bond acceptors (Lipinski definition) is 3. The van der Waals surface area contributed by atoms with E-state index in [9.17, 15) is 18.4 Å². The molecule has 1 aromatic carbocycles. The van der Waals surface area contributed by atoms with Gasteiger partial charge in [-0.3, -0.25) is 4.68 Å². The number of aromatic nitrogens is 2. The predicted molar refractivity (Wildman–Crippen MR) is 114 cm³/mol. The fraction of sp³-hybridized carbons (Fsp3) is 0.450. The van der Waals surface area contributed by atoms with E-state index in [0.717, 1.165) is 0 Å². The van der Waals surface area contributed by atoms with Gasteiger partial charge in [0.2, 0.25) is 0 Å². The molecule has 2 aromatic rings. The first kappa shape index (κ1) is 22.1. The van der Waals surface area contributed by atoms with Crippen molar-refractivity contribution in [3.8, 4) is 11.3 Å². The maximum atomic E-state index is 13.4. The highest BCUT2D eigenvalue weighted by atomic mass is 35.5. The zero-order chi connectivity index (χ0) is 22.6. The Balaban J connectivity index is 1.60. The van der Waals surface area contributed by atoms with Crippen LogP contribution in [-0.2, 0) is 13.1 Å². The summed E-state index contributed by atoms with van der Waals surface area (Å²) < 4.78 is 28.5. The Hall–Kier alpha value is -2.13. The number of halogens is 4. The van der Waals surface area contributed by atoms with E-state index in [1.165, 1.54) is 4.90 Å². The van der Waals surface area contributed by atoms with E-state index in [2.05, 4.69) is 10.4 Å². The monoisotopic (exact) mass is 466 g/mol. The van der Waals surface area contributed by atoms with Crippen LogP contribution in [0, 0.1) is 0 Å². The molecule has 2 heterocycles. The molecule has 1 N–H and O–H groups in total. The maximum Gasteiger partial charge on any atom is 0.318 e. The van der Waals surface area contributed by atoms with Crippen molar-refractivity contribution in [1.82, 2.24) is 20.0 Å². The fourth-order valence-electron chi connectivity index (χ4n) is 4.27. The van der Waals surface area contributed by atoms with Gasteiger partial charge in [-0.15, -0.1) is 0 Å². The van der Waals surface area contributed by atoms with E-state index in [0.29, 0.717) is 46.5 Å². The zero-order valence-corrected chi connectivity index (χ0v) is 18.2. The minimum Gasteiger partial charge on any atom is -0.332 e. The Morgan fingerprint density at radius 3 is 2.52 bits per heavy atom. The molecule has 0 unspecified atom stereocenters. The van der Waals surface area contributed by atoms with Crippen LogP contribution in [0.15, 0.2) is 18.2 Å². The molecule has 1 aromatic heterocycles. The molecule has 162 valence electrons. The van der Waals surface area contributed by atoms with Crippen molar-refractivity contribution in [1.29, 1.82) is 0 Å². The third-order valence-corrected chi connectivity index (χ3v) is 6.69. The van der Waals surface area contributed by atoms with E-state index in [1.54, 1.807) is 29.8 Å². The molecule has 2 amide bonds. The quantitative estimate of drug-likeness (QED) is 0.684. The lowest BCUT2D eigenvalue weighted by atomic mass is 9.71. The number of hydrogen-bond donors (Lipinski definition) is 1. The highest BCUT2D eigenvalue weighted by Crippen LogP contribution is 2.47. The number of amides is 2. The lowest BCUT2D eigenvalue weighted by Crippen LogP contribution is -2.64. The molecule has 0 spiro atoms. The summed E-state index contributed by atoms with van der Waals surface area (Å²) in [4.78, 5) is 26.6. The van der Waals surface area contributed by atoms with Gasteiger partial charge in [0.1, 0.15) is 11.4 Å². The Morgan fingerprint density at radius 2 is 1.94 bits per heavy atom. The molecule has 31 heavy (non-hydrogen) atoms. The van der Waals surface area contributed by atoms with Crippen LogP contribution >= 0.6 is 23.2 Å². The first-order chi connectivity index (χ1) is 14.5. The Kier molecular flexibility index (Phi) is 5.54. The second-order valence-electron chi connectivity index (χ2n) is 8.08. The lowest BCUT2D eigenvalue weighted by molar-refractivity contribution is -0.131. The van der Waals surface area contributed by atoms with E-state index in [4.69, 9.17) is 31.0 Å². The average molecular weight is 467 g/mol. The van der Waals surface area contributed by atoms with Gasteiger partial charge in [0.05, 0.1) is 39.9 Å². The molecule has 1 fully saturated rings. The van der Waals surface area contributed by atoms with Gasteiger partial charge in [-0.25, -0.2) is 13.6 Å². The van der Waals surface area contributed by atoms with Gasteiger partial charge >= 0.3 is 6.03 Å². The van der Waals surface area contributed by atoms with Crippen molar-refractivity contribution in [2.45, 2.75) is 50.7 Å². The zero-order valence-electron chi connectivity index (χ0n) is 16.7. The van der Waals surface area contributed by atoms with Crippen molar-refractivity contribution in [2.75, 3.05) is 6.54 Å². The van der Waals surface area contributed by atoms with Crippen molar-refractivity contribution in [3.63, 3.8) is 0 Å². The average Bonchev–Trinajstić information content (AvgIpc) is 3.07. The molecule has 6 nitrogen and oxygen atoms in total. The molecule has 2 radical (unpaired) electrons. The molecule has 2 aliphatic rings. The number of urea groups is 1. The number of nitrogens with one attached hydrogen (secondary N) is 1. The number of nitrogens with zero attached hydrogens (tertiary/aromatic N) is 3. The number of fused-ring (bicyclic) bond motifs is 1. The molecule has 0 atom stereocenters. The minimum absolute atomic E-state index is 0.0780. The molecule has 0 bridgehead atoms. The summed E-state index contributed by atoms with van der Waals surface area (Å²) in [6.45, 7) is 2.50. The van der Waals surface area contributed by atoms with Crippen LogP contribution in [0.3, 0.4) is 0 Å². The first-order valence-corrected chi connectivity index (χ1v) is 10.6. The van der Waals surface area contributed by atoms with Crippen LogP contribution in [0.5, 0.6) is 0 Å². The normalized spacial score (nSPS) is 18.8. The second-order valence-corrected chi connectivity index (χ2v) is 8.90. The number of alkyl halides is 2. The summed E-state index contributed by atoms with van der Waals surface area (Å²) in [7, 11) is 5.64. The third kappa shape index (κ3) is 4.05. The van der Waals surface area contributed by atoms with Crippen LogP contribution in [-0.4, -0.2) is 52.2 Å². The van der Waals surface area contributed by atoms with Gasteiger partial charge in [-0.05, 0) is 18.6 Å². The van der Waals surface area contributed by atoms with E-state index < -0.39 is 23.2 Å². The first-order valence-electron chi connectivity index (χ1n) is 9.84. The maximum absolute atomic E-state index is 13.4. The van der Waals surface area contributed by atoms with Gasteiger partial charge in [0.25, 0.3) is 5.92 Å². The second kappa shape index (κ2) is 7.78. The van der Waals surface area contributed by atoms with E-state index in [1.807, 2.05) is 0 Å². The highest BCUT2D eigenvalue weighted by Gasteiger charge is 2.56. The van der Waals surface area contributed by atoms with Gasteiger partial charge in [-0.2, -0.15) is 5.10 Å². The SMILES string of the molecule is [B]C(=O)c1c(-c2ccc(Cl)c(Cl)c2)nn2c1CN(C(=O)NC1(CC)CC(F)(F)C1)CC2. The highest BCUT2D eigenvalue weighted by molar-refractivity contribution is 6.63. The number of carbonyl (C=O) groups excluding carboxylic acids is 2. The molecule has 1 aliphatic carbocycles. The minimum atomic E-state index is -2.75. The van der Waals surface area contributed by atoms with Crippen LogP contribution in [0.2, 0.25) is 10.0 Å².